The number of carbonyl (C=O) groups excluding carboxylic acids is 1. The van der Waals surface area contributed by atoms with Gasteiger partial charge in [-0.25, -0.2) is 9.78 Å². The second kappa shape index (κ2) is 5.66. The second-order valence-electron chi connectivity index (χ2n) is 4.32. The summed E-state index contributed by atoms with van der Waals surface area (Å²) in [4.78, 5) is 27.1. The number of benzene rings is 1. The van der Waals surface area contributed by atoms with E-state index in [0.717, 1.165) is 0 Å². The van der Waals surface area contributed by atoms with Gasteiger partial charge in [-0.15, -0.1) is 0 Å². The SMILES string of the molecule is COc1cc(NC(=O)c2oc(C)nc2C)ccc1C(=O)O. The zero-order chi connectivity index (χ0) is 15.6. The van der Waals surface area contributed by atoms with E-state index in [-0.39, 0.29) is 17.1 Å². The Labute approximate surface area is 120 Å². The van der Waals surface area contributed by atoms with Gasteiger partial charge in [-0.05, 0) is 19.1 Å². The predicted octanol–water partition coefficient (Wildman–Crippen LogP) is 2.25. The largest absolute Gasteiger partial charge is 0.496 e. The van der Waals surface area contributed by atoms with Crippen molar-refractivity contribution < 1.29 is 23.8 Å². The van der Waals surface area contributed by atoms with Crippen molar-refractivity contribution in [3.05, 3.63) is 41.1 Å². The summed E-state index contributed by atoms with van der Waals surface area (Å²) in [6.45, 7) is 3.31. The molecule has 0 aliphatic carbocycles. The highest BCUT2D eigenvalue weighted by atomic mass is 16.5. The maximum Gasteiger partial charge on any atom is 0.339 e. The summed E-state index contributed by atoms with van der Waals surface area (Å²) >= 11 is 0. The maximum atomic E-state index is 12.1. The summed E-state index contributed by atoms with van der Waals surface area (Å²) in [6.07, 6.45) is 0. The second-order valence-corrected chi connectivity index (χ2v) is 4.32. The molecule has 0 spiro atoms. The number of carbonyl (C=O) groups is 2. The third-order valence-corrected chi connectivity index (χ3v) is 2.80. The summed E-state index contributed by atoms with van der Waals surface area (Å²) < 4.78 is 10.2. The number of amides is 1. The monoisotopic (exact) mass is 290 g/mol. The van der Waals surface area contributed by atoms with Crippen LogP contribution >= 0.6 is 0 Å². The fraction of sp³-hybridized carbons (Fsp3) is 0.214. The highest BCUT2D eigenvalue weighted by Crippen LogP contribution is 2.24. The molecule has 0 atom stereocenters. The molecule has 0 aliphatic heterocycles. The number of hydrogen-bond donors (Lipinski definition) is 2. The third kappa shape index (κ3) is 3.02. The quantitative estimate of drug-likeness (QED) is 0.895. The van der Waals surface area contributed by atoms with Crippen LogP contribution in [0.1, 0.15) is 32.5 Å². The number of aromatic carboxylic acids is 1. The first-order chi connectivity index (χ1) is 9.92. The number of nitrogens with zero attached hydrogens (tertiary/aromatic N) is 1. The molecule has 2 N–H and O–H groups in total. The molecule has 0 saturated carbocycles. The number of nitrogens with one attached hydrogen (secondary N) is 1. The normalized spacial score (nSPS) is 10.2. The van der Waals surface area contributed by atoms with E-state index in [1.165, 1.54) is 25.3 Å². The van der Waals surface area contributed by atoms with Crippen molar-refractivity contribution in [3.8, 4) is 5.75 Å². The van der Waals surface area contributed by atoms with Crippen molar-refractivity contribution in [2.24, 2.45) is 0 Å². The lowest BCUT2D eigenvalue weighted by Gasteiger charge is -2.08. The highest BCUT2D eigenvalue weighted by molar-refractivity contribution is 6.03. The van der Waals surface area contributed by atoms with Crippen LogP contribution in [-0.2, 0) is 0 Å². The Morgan fingerprint density at radius 1 is 1.33 bits per heavy atom. The maximum absolute atomic E-state index is 12.1. The number of ether oxygens (including phenoxy) is 1. The van der Waals surface area contributed by atoms with E-state index in [1.54, 1.807) is 13.8 Å². The first-order valence-electron chi connectivity index (χ1n) is 6.09. The molecule has 1 aromatic heterocycles. The molecule has 2 rings (SSSR count). The molecule has 1 amide bonds. The predicted molar refractivity (Wildman–Crippen MR) is 73.9 cm³/mol. The van der Waals surface area contributed by atoms with Gasteiger partial charge in [-0.2, -0.15) is 0 Å². The number of aryl methyl sites for hydroxylation is 2. The lowest BCUT2D eigenvalue weighted by molar-refractivity contribution is 0.0693. The van der Waals surface area contributed by atoms with E-state index in [1.807, 2.05) is 0 Å². The Morgan fingerprint density at radius 2 is 2.05 bits per heavy atom. The lowest BCUT2D eigenvalue weighted by atomic mass is 10.2. The van der Waals surface area contributed by atoms with E-state index in [2.05, 4.69) is 10.3 Å². The van der Waals surface area contributed by atoms with Gasteiger partial charge in [-0.1, -0.05) is 0 Å². The number of methoxy groups -OCH3 is 1. The van der Waals surface area contributed by atoms with E-state index >= 15 is 0 Å². The molecule has 110 valence electrons. The number of anilines is 1. The Bertz CT molecular complexity index is 705. The van der Waals surface area contributed by atoms with E-state index in [9.17, 15) is 9.59 Å². The molecule has 0 radical (unpaired) electrons. The Morgan fingerprint density at radius 3 is 2.57 bits per heavy atom. The fourth-order valence-corrected chi connectivity index (χ4v) is 1.88. The topological polar surface area (TPSA) is 102 Å². The van der Waals surface area contributed by atoms with Crippen molar-refractivity contribution >= 4 is 17.6 Å². The van der Waals surface area contributed by atoms with Crippen LogP contribution in [0.4, 0.5) is 5.69 Å². The zero-order valence-corrected chi connectivity index (χ0v) is 11.8. The fourth-order valence-electron chi connectivity index (χ4n) is 1.88. The van der Waals surface area contributed by atoms with Gasteiger partial charge < -0.3 is 19.6 Å². The van der Waals surface area contributed by atoms with E-state index in [0.29, 0.717) is 17.3 Å². The van der Waals surface area contributed by atoms with Crippen molar-refractivity contribution in [2.45, 2.75) is 13.8 Å². The number of oxazole rings is 1. The van der Waals surface area contributed by atoms with Gasteiger partial charge in [0.1, 0.15) is 11.3 Å². The van der Waals surface area contributed by atoms with Crippen LogP contribution in [0, 0.1) is 13.8 Å². The molecule has 7 nitrogen and oxygen atoms in total. The minimum absolute atomic E-state index is 0.0159. The van der Waals surface area contributed by atoms with Gasteiger partial charge in [-0.3, -0.25) is 4.79 Å². The van der Waals surface area contributed by atoms with Crippen molar-refractivity contribution in [1.82, 2.24) is 4.98 Å². The molecule has 0 saturated heterocycles. The average Bonchev–Trinajstić information content (AvgIpc) is 2.77. The minimum Gasteiger partial charge on any atom is -0.496 e. The number of aromatic nitrogens is 1. The molecule has 0 bridgehead atoms. The van der Waals surface area contributed by atoms with Gasteiger partial charge >= 0.3 is 5.97 Å². The third-order valence-electron chi connectivity index (χ3n) is 2.80. The summed E-state index contributed by atoms with van der Waals surface area (Å²) in [5.41, 5.74) is 0.900. The van der Waals surface area contributed by atoms with Crippen molar-refractivity contribution in [3.63, 3.8) is 0 Å². The standard InChI is InChI=1S/C14H14N2O5/c1-7-12(21-8(2)15-7)13(17)16-9-4-5-10(14(18)19)11(6-9)20-3/h4-6H,1-3H3,(H,16,17)(H,18,19). The summed E-state index contributed by atoms with van der Waals surface area (Å²) in [7, 11) is 1.36. The van der Waals surface area contributed by atoms with E-state index in [4.69, 9.17) is 14.3 Å². The van der Waals surface area contributed by atoms with Gasteiger partial charge in [0.25, 0.3) is 5.91 Å². The Hall–Kier alpha value is -2.83. The Balaban J connectivity index is 2.26. The summed E-state index contributed by atoms with van der Waals surface area (Å²) in [6, 6.07) is 4.26. The lowest BCUT2D eigenvalue weighted by Crippen LogP contribution is -2.13. The summed E-state index contributed by atoms with van der Waals surface area (Å²) in [5.74, 6) is -0.888. The zero-order valence-electron chi connectivity index (χ0n) is 11.8. The first-order valence-corrected chi connectivity index (χ1v) is 6.09. The van der Waals surface area contributed by atoms with Crippen LogP contribution in [0.5, 0.6) is 5.75 Å². The van der Waals surface area contributed by atoms with Crippen LogP contribution in [-0.4, -0.2) is 29.1 Å². The van der Waals surface area contributed by atoms with Gasteiger partial charge in [0, 0.05) is 18.7 Å². The number of carboxylic acid groups (broad SMARTS) is 1. The van der Waals surface area contributed by atoms with Gasteiger partial charge in [0.05, 0.1) is 12.8 Å². The molecule has 1 aromatic carbocycles. The number of rotatable bonds is 4. The smallest absolute Gasteiger partial charge is 0.339 e. The average molecular weight is 290 g/mol. The molecule has 1 heterocycles. The molecule has 0 fully saturated rings. The first kappa shape index (κ1) is 14.6. The van der Waals surface area contributed by atoms with Crippen LogP contribution < -0.4 is 10.1 Å². The van der Waals surface area contributed by atoms with Crippen LogP contribution in [0.15, 0.2) is 22.6 Å². The number of carboxylic acids is 1. The summed E-state index contributed by atoms with van der Waals surface area (Å²) in [5, 5.41) is 11.6. The molecule has 21 heavy (non-hydrogen) atoms. The van der Waals surface area contributed by atoms with Crippen molar-refractivity contribution in [1.29, 1.82) is 0 Å². The van der Waals surface area contributed by atoms with Crippen LogP contribution in [0.3, 0.4) is 0 Å². The van der Waals surface area contributed by atoms with Crippen molar-refractivity contribution in [2.75, 3.05) is 12.4 Å². The molecule has 0 unspecified atom stereocenters. The molecule has 7 heteroatoms. The molecule has 2 aromatic rings. The molecule has 0 aliphatic rings. The molecular formula is C14H14N2O5. The van der Waals surface area contributed by atoms with Gasteiger partial charge in [0.2, 0.25) is 5.76 Å². The Kier molecular flexibility index (Phi) is 3.93. The molecular weight excluding hydrogens is 276 g/mol. The van der Waals surface area contributed by atoms with Crippen LogP contribution in [0.2, 0.25) is 0 Å². The highest BCUT2D eigenvalue weighted by Gasteiger charge is 2.17. The van der Waals surface area contributed by atoms with Gasteiger partial charge in [0.15, 0.2) is 5.89 Å². The van der Waals surface area contributed by atoms with Crippen LogP contribution in [0.25, 0.3) is 0 Å². The van der Waals surface area contributed by atoms with E-state index < -0.39 is 11.9 Å². The minimum atomic E-state index is -1.11. The number of hydrogen-bond acceptors (Lipinski definition) is 5.